The number of carbonyl (C=O) groups is 1. The van der Waals surface area contributed by atoms with Gasteiger partial charge in [-0.15, -0.1) is 0 Å². The minimum Gasteiger partial charge on any atom is -0.365 e. The first-order chi connectivity index (χ1) is 14.5. The van der Waals surface area contributed by atoms with Gasteiger partial charge < -0.3 is 15.1 Å². The van der Waals surface area contributed by atoms with Gasteiger partial charge in [0, 0.05) is 38.9 Å². The monoisotopic (exact) mass is 408 g/mol. The van der Waals surface area contributed by atoms with E-state index in [1.54, 1.807) is 18.3 Å². The van der Waals surface area contributed by atoms with Gasteiger partial charge >= 0.3 is 6.03 Å². The highest BCUT2D eigenvalue weighted by atomic mass is 19.1. The van der Waals surface area contributed by atoms with Crippen LogP contribution in [0.1, 0.15) is 17.0 Å². The first-order valence-corrected chi connectivity index (χ1v) is 10.0. The molecule has 4 rings (SSSR count). The molecule has 30 heavy (non-hydrogen) atoms. The van der Waals surface area contributed by atoms with Gasteiger partial charge in [-0.1, -0.05) is 18.2 Å². The fourth-order valence-electron chi connectivity index (χ4n) is 3.82. The minimum absolute atomic E-state index is 0.100. The Hall–Kier alpha value is -3.42. The summed E-state index contributed by atoms with van der Waals surface area (Å²) in [5.41, 5.74) is 3.97. The van der Waals surface area contributed by atoms with Crippen LogP contribution < -0.4 is 10.2 Å². The van der Waals surface area contributed by atoms with E-state index < -0.39 is 0 Å². The summed E-state index contributed by atoms with van der Waals surface area (Å²) in [5, 5.41) is 7.58. The highest BCUT2D eigenvalue weighted by Crippen LogP contribution is 2.27. The van der Waals surface area contributed by atoms with Crippen LogP contribution in [0.25, 0.3) is 5.82 Å². The second-order valence-electron chi connectivity index (χ2n) is 7.38. The van der Waals surface area contributed by atoms with Gasteiger partial charge in [-0.3, -0.25) is 0 Å². The Balaban J connectivity index is 1.37. The Kier molecular flexibility index (Phi) is 5.65. The molecule has 1 aromatic carbocycles. The number of amides is 2. The summed E-state index contributed by atoms with van der Waals surface area (Å²) in [6, 6.07) is 11.8. The number of anilines is 1. The minimum atomic E-state index is -0.279. The number of rotatable bonds is 4. The number of hydrogen-bond acceptors (Lipinski definition) is 4. The predicted octanol–water partition coefficient (Wildman–Crippen LogP) is 3.06. The van der Waals surface area contributed by atoms with Gasteiger partial charge in [-0.25, -0.2) is 18.9 Å². The van der Waals surface area contributed by atoms with E-state index in [2.05, 4.69) is 20.3 Å². The largest absolute Gasteiger partial charge is 0.365 e. The van der Waals surface area contributed by atoms with Gasteiger partial charge in [0.1, 0.15) is 5.82 Å². The van der Waals surface area contributed by atoms with Crippen molar-refractivity contribution in [3.8, 4) is 5.82 Å². The van der Waals surface area contributed by atoms with Gasteiger partial charge in [0.2, 0.25) is 0 Å². The molecule has 3 aromatic rings. The van der Waals surface area contributed by atoms with Crippen molar-refractivity contribution < 1.29 is 9.18 Å². The molecule has 1 aliphatic rings. The van der Waals surface area contributed by atoms with Crippen LogP contribution in [0.4, 0.5) is 14.9 Å². The SMILES string of the molecule is Cc1nn(-c2ccccn2)c(C)c1N1CCN(C(=O)NCc2ccc(F)cc2)CC1. The number of piperazine rings is 1. The summed E-state index contributed by atoms with van der Waals surface area (Å²) in [6.07, 6.45) is 1.76. The lowest BCUT2D eigenvalue weighted by atomic mass is 10.2. The molecule has 8 heteroatoms. The Morgan fingerprint density at radius 1 is 1.07 bits per heavy atom. The van der Waals surface area contributed by atoms with E-state index in [0.29, 0.717) is 19.6 Å². The zero-order valence-electron chi connectivity index (χ0n) is 17.2. The van der Waals surface area contributed by atoms with E-state index in [4.69, 9.17) is 0 Å². The fraction of sp³-hybridized carbons (Fsp3) is 0.318. The molecule has 0 unspecified atom stereocenters. The maximum atomic E-state index is 13.0. The van der Waals surface area contributed by atoms with Crippen molar-refractivity contribution in [1.82, 2.24) is 25.0 Å². The van der Waals surface area contributed by atoms with E-state index in [1.807, 2.05) is 41.6 Å². The van der Waals surface area contributed by atoms with E-state index in [-0.39, 0.29) is 11.8 Å². The van der Waals surface area contributed by atoms with Crippen LogP contribution in [0.3, 0.4) is 0 Å². The number of aromatic nitrogens is 3. The lowest BCUT2D eigenvalue weighted by Crippen LogP contribution is -2.52. The molecule has 156 valence electrons. The molecule has 2 amide bonds. The lowest BCUT2D eigenvalue weighted by Gasteiger charge is -2.36. The average molecular weight is 408 g/mol. The number of urea groups is 1. The first-order valence-electron chi connectivity index (χ1n) is 10.0. The van der Waals surface area contributed by atoms with Crippen molar-refractivity contribution in [1.29, 1.82) is 0 Å². The quantitative estimate of drug-likeness (QED) is 0.721. The van der Waals surface area contributed by atoms with Crippen LogP contribution in [-0.2, 0) is 6.54 Å². The molecule has 0 spiro atoms. The lowest BCUT2D eigenvalue weighted by molar-refractivity contribution is 0.194. The molecule has 2 aromatic heterocycles. The maximum Gasteiger partial charge on any atom is 0.317 e. The van der Waals surface area contributed by atoms with E-state index in [9.17, 15) is 9.18 Å². The molecule has 0 radical (unpaired) electrons. The fourth-order valence-corrected chi connectivity index (χ4v) is 3.82. The van der Waals surface area contributed by atoms with Crippen LogP contribution in [-0.4, -0.2) is 51.9 Å². The number of pyridine rings is 1. The normalized spacial score (nSPS) is 14.1. The first kappa shape index (κ1) is 19.9. The Morgan fingerprint density at radius 2 is 1.80 bits per heavy atom. The molecular weight excluding hydrogens is 383 g/mol. The van der Waals surface area contributed by atoms with Crippen molar-refractivity contribution in [3.63, 3.8) is 0 Å². The molecule has 0 bridgehead atoms. The zero-order chi connectivity index (χ0) is 21.1. The van der Waals surface area contributed by atoms with E-state index >= 15 is 0 Å². The maximum absolute atomic E-state index is 13.0. The molecule has 7 nitrogen and oxygen atoms in total. The highest BCUT2D eigenvalue weighted by Gasteiger charge is 2.25. The van der Waals surface area contributed by atoms with Crippen molar-refractivity contribution in [2.75, 3.05) is 31.1 Å². The average Bonchev–Trinajstić information content (AvgIpc) is 3.08. The van der Waals surface area contributed by atoms with Crippen molar-refractivity contribution in [2.45, 2.75) is 20.4 Å². The van der Waals surface area contributed by atoms with Crippen LogP contribution in [0.2, 0.25) is 0 Å². The van der Waals surface area contributed by atoms with Gasteiger partial charge in [0.05, 0.1) is 17.1 Å². The van der Waals surface area contributed by atoms with Crippen molar-refractivity contribution >= 4 is 11.7 Å². The van der Waals surface area contributed by atoms with Crippen LogP contribution >= 0.6 is 0 Å². The number of benzene rings is 1. The molecule has 0 aliphatic carbocycles. The zero-order valence-corrected chi connectivity index (χ0v) is 17.2. The second kappa shape index (κ2) is 8.52. The summed E-state index contributed by atoms with van der Waals surface area (Å²) in [6.45, 7) is 7.16. The summed E-state index contributed by atoms with van der Waals surface area (Å²) < 4.78 is 14.9. The number of nitrogens with zero attached hydrogens (tertiary/aromatic N) is 5. The molecule has 1 fully saturated rings. The van der Waals surface area contributed by atoms with Gasteiger partial charge in [0.15, 0.2) is 5.82 Å². The molecule has 3 heterocycles. The number of carbonyl (C=O) groups excluding carboxylic acids is 1. The number of hydrogen-bond donors (Lipinski definition) is 1. The molecule has 0 saturated carbocycles. The van der Waals surface area contributed by atoms with Crippen LogP contribution in [0.15, 0.2) is 48.7 Å². The molecule has 1 N–H and O–H groups in total. The molecule has 0 atom stereocenters. The van der Waals surface area contributed by atoms with Gasteiger partial charge in [-0.05, 0) is 43.7 Å². The van der Waals surface area contributed by atoms with Crippen LogP contribution in [0.5, 0.6) is 0 Å². The third kappa shape index (κ3) is 4.12. The predicted molar refractivity (Wildman–Crippen MR) is 113 cm³/mol. The molecule has 1 aliphatic heterocycles. The Bertz CT molecular complexity index is 1010. The second-order valence-corrected chi connectivity index (χ2v) is 7.38. The topological polar surface area (TPSA) is 66.3 Å². The van der Waals surface area contributed by atoms with E-state index in [0.717, 1.165) is 41.5 Å². The summed E-state index contributed by atoms with van der Waals surface area (Å²) in [7, 11) is 0. The summed E-state index contributed by atoms with van der Waals surface area (Å²) >= 11 is 0. The number of halogens is 1. The summed E-state index contributed by atoms with van der Waals surface area (Å²) in [4.78, 5) is 21.0. The molecule has 1 saturated heterocycles. The summed E-state index contributed by atoms with van der Waals surface area (Å²) in [5.74, 6) is 0.515. The Morgan fingerprint density at radius 3 is 2.47 bits per heavy atom. The smallest absolute Gasteiger partial charge is 0.317 e. The van der Waals surface area contributed by atoms with Crippen LogP contribution in [0, 0.1) is 19.7 Å². The van der Waals surface area contributed by atoms with E-state index in [1.165, 1.54) is 12.1 Å². The highest BCUT2D eigenvalue weighted by molar-refractivity contribution is 5.74. The van der Waals surface area contributed by atoms with Gasteiger partial charge in [-0.2, -0.15) is 5.10 Å². The van der Waals surface area contributed by atoms with Gasteiger partial charge in [0.25, 0.3) is 0 Å². The third-order valence-corrected chi connectivity index (χ3v) is 5.36. The van der Waals surface area contributed by atoms with Crippen molar-refractivity contribution in [3.05, 3.63) is 71.4 Å². The van der Waals surface area contributed by atoms with Crippen molar-refractivity contribution in [2.24, 2.45) is 0 Å². The number of aryl methyl sites for hydroxylation is 1. The number of nitrogens with one attached hydrogen (secondary N) is 1. The standard InChI is InChI=1S/C22H25FN6O/c1-16-21(17(2)29(26-16)20-5-3-4-10-24-20)27-11-13-28(14-12-27)22(30)25-15-18-6-8-19(23)9-7-18/h3-10H,11-15H2,1-2H3,(H,25,30). The Labute approximate surface area is 175 Å². The molecular formula is C22H25FN6O. The third-order valence-electron chi connectivity index (χ3n) is 5.36.